The monoisotopic (exact) mass is 478 g/mol. The summed E-state index contributed by atoms with van der Waals surface area (Å²) in [6.45, 7) is 7.33. The van der Waals surface area contributed by atoms with Gasteiger partial charge in [0.1, 0.15) is 12.9 Å². The van der Waals surface area contributed by atoms with Gasteiger partial charge in [0.05, 0.1) is 22.4 Å². The molecule has 4 heterocycles. The quantitative estimate of drug-likeness (QED) is 0.597. The van der Waals surface area contributed by atoms with Gasteiger partial charge in [-0.25, -0.2) is 4.79 Å². The van der Waals surface area contributed by atoms with Crippen LogP contribution >= 0.6 is 0 Å². The van der Waals surface area contributed by atoms with E-state index in [1.165, 1.54) is 11.0 Å². The second kappa shape index (κ2) is 9.27. The molecule has 3 aliphatic rings. The van der Waals surface area contributed by atoms with Crippen molar-refractivity contribution in [3.05, 3.63) is 34.9 Å². The number of cyclic esters (lactones) is 1. The van der Waals surface area contributed by atoms with Crippen molar-refractivity contribution in [3.8, 4) is 5.82 Å². The van der Waals surface area contributed by atoms with Crippen LogP contribution < -0.4 is 0 Å². The predicted octanol–water partition coefficient (Wildman–Crippen LogP) is 2.00. The summed E-state index contributed by atoms with van der Waals surface area (Å²) in [5.41, 5.74) is 3.73. The van der Waals surface area contributed by atoms with Crippen LogP contribution in [0, 0.1) is 18.3 Å². The molecule has 1 spiro atoms. The average molecular weight is 479 g/mol. The van der Waals surface area contributed by atoms with Gasteiger partial charge in [-0.15, -0.1) is 10.2 Å². The highest BCUT2D eigenvalue weighted by atomic mass is 16.5. The van der Waals surface area contributed by atoms with Gasteiger partial charge in [0.15, 0.2) is 5.82 Å². The fourth-order valence-electron chi connectivity index (χ4n) is 5.52. The summed E-state index contributed by atoms with van der Waals surface area (Å²) in [7, 11) is 0. The maximum absolute atomic E-state index is 13.7. The van der Waals surface area contributed by atoms with Crippen molar-refractivity contribution in [1.82, 2.24) is 35.3 Å². The fraction of sp³-hybridized carbons (Fsp3) is 0.583. The SMILES string of the molecule is CC1=C(N2CCC3(CC(=NCCc4cc(C)c(-n5cnnn5)nn4)CCC(C)C3)C2=O)COC1=O. The zero-order chi connectivity index (χ0) is 24.6. The number of aliphatic imine (C=N–C) groups is 1. The van der Waals surface area contributed by atoms with Crippen LogP contribution in [-0.4, -0.2) is 72.6 Å². The predicted molar refractivity (Wildman–Crippen MR) is 126 cm³/mol. The fourth-order valence-corrected chi connectivity index (χ4v) is 5.52. The lowest BCUT2D eigenvalue weighted by Crippen LogP contribution is -2.36. The molecule has 35 heavy (non-hydrogen) atoms. The number of rotatable bonds is 5. The van der Waals surface area contributed by atoms with E-state index in [1.54, 1.807) is 11.8 Å². The van der Waals surface area contributed by atoms with Crippen LogP contribution in [0.4, 0.5) is 0 Å². The van der Waals surface area contributed by atoms with Crippen molar-refractivity contribution in [2.24, 2.45) is 16.3 Å². The first-order valence-electron chi connectivity index (χ1n) is 12.1. The number of hydrogen-bond donors (Lipinski definition) is 0. The standard InChI is InChI=1S/C24H30N8O3/c1-15-4-5-19(25-8-6-18-10-16(2)21(28-27-18)32-14-26-29-30-32)12-24(11-15)7-9-31(23(24)34)20-13-35-22(33)17(20)3/h10,14-15H,4-9,11-13H2,1-3H3. The number of carbonyl (C=O) groups excluding carboxylic acids is 2. The molecule has 2 unspecified atom stereocenters. The summed E-state index contributed by atoms with van der Waals surface area (Å²) in [5.74, 6) is 0.838. The minimum Gasteiger partial charge on any atom is -0.456 e. The topological polar surface area (TPSA) is 128 Å². The van der Waals surface area contributed by atoms with Crippen molar-refractivity contribution >= 4 is 17.6 Å². The van der Waals surface area contributed by atoms with Crippen LogP contribution in [0.2, 0.25) is 0 Å². The van der Waals surface area contributed by atoms with Crippen molar-refractivity contribution < 1.29 is 14.3 Å². The minimum absolute atomic E-state index is 0.117. The third kappa shape index (κ3) is 4.46. The molecule has 1 saturated carbocycles. The Morgan fingerprint density at radius 1 is 1.26 bits per heavy atom. The highest BCUT2D eigenvalue weighted by Gasteiger charge is 2.50. The van der Waals surface area contributed by atoms with E-state index in [1.807, 2.05) is 13.0 Å². The average Bonchev–Trinajstić information content (AvgIpc) is 3.52. The van der Waals surface area contributed by atoms with E-state index in [0.29, 0.717) is 43.2 Å². The second-order valence-electron chi connectivity index (χ2n) is 9.95. The number of nitrogens with zero attached hydrogens (tertiary/aromatic N) is 8. The molecule has 0 bridgehead atoms. The van der Waals surface area contributed by atoms with E-state index in [9.17, 15) is 9.59 Å². The molecule has 0 radical (unpaired) electrons. The molecule has 2 aromatic heterocycles. The molecular formula is C24H30N8O3. The molecule has 2 fully saturated rings. The zero-order valence-corrected chi connectivity index (χ0v) is 20.4. The van der Waals surface area contributed by atoms with Gasteiger partial charge in [0, 0.05) is 25.2 Å². The molecule has 2 aliphatic heterocycles. The summed E-state index contributed by atoms with van der Waals surface area (Å²) in [6.07, 6.45) is 6.40. The van der Waals surface area contributed by atoms with Crippen molar-refractivity contribution in [2.75, 3.05) is 19.7 Å². The van der Waals surface area contributed by atoms with Crippen LogP contribution in [0.15, 0.2) is 28.7 Å². The minimum atomic E-state index is -0.447. The van der Waals surface area contributed by atoms with Crippen LogP contribution in [0.25, 0.3) is 5.82 Å². The lowest BCUT2D eigenvalue weighted by molar-refractivity contribution is -0.137. The van der Waals surface area contributed by atoms with E-state index >= 15 is 0 Å². The Labute approximate surface area is 203 Å². The number of aromatic nitrogens is 6. The second-order valence-corrected chi connectivity index (χ2v) is 9.95. The number of amides is 1. The Hall–Kier alpha value is -3.50. The zero-order valence-electron chi connectivity index (χ0n) is 20.4. The molecule has 11 nitrogen and oxygen atoms in total. The van der Waals surface area contributed by atoms with Crippen LogP contribution in [-0.2, 0) is 20.7 Å². The van der Waals surface area contributed by atoms with Crippen molar-refractivity contribution in [1.29, 1.82) is 0 Å². The number of esters is 1. The van der Waals surface area contributed by atoms with Crippen LogP contribution in [0.5, 0.6) is 0 Å². The Kier molecular flexibility index (Phi) is 6.16. The van der Waals surface area contributed by atoms with E-state index < -0.39 is 5.41 Å². The molecular weight excluding hydrogens is 448 g/mol. The highest BCUT2D eigenvalue weighted by Crippen LogP contribution is 2.46. The first kappa shape index (κ1) is 23.3. The first-order chi connectivity index (χ1) is 16.9. The molecule has 2 atom stereocenters. The summed E-state index contributed by atoms with van der Waals surface area (Å²) in [4.78, 5) is 32.2. The van der Waals surface area contributed by atoms with Gasteiger partial charge in [-0.1, -0.05) is 6.92 Å². The molecule has 2 aromatic rings. The Morgan fingerprint density at radius 2 is 2.11 bits per heavy atom. The van der Waals surface area contributed by atoms with E-state index in [-0.39, 0.29) is 18.5 Å². The van der Waals surface area contributed by atoms with Gasteiger partial charge in [0.2, 0.25) is 5.91 Å². The van der Waals surface area contributed by atoms with Gasteiger partial charge in [-0.2, -0.15) is 9.78 Å². The lowest BCUT2D eigenvalue weighted by Gasteiger charge is -2.28. The van der Waals surface area contributed by atoms with Gasteiger partial charge in [0.25, 0.3) is 0 Å². The van der Waals surface area contributed by atoms with Crippen LogP contribution in [0.3, 0.4) is 0 Å². The molecule has 11 heteroatoms. The number of likely N-dealkylation sites (tertiary alicyclic amines) is 1. The van der Waals surface area contributed by atoms with Gasteiger partial charge >= 0.3 is 5.97 Å². The molecule has 1 aliphatic carbocycles. The number of aryl methyl sites for hydroxylation is 1. The summed E-state index contributed by atoms with van der Waals surface area (Å²) in [6, 6.07) is 1.99. The first-order valence-corrected chi connectivity index (χ1v) is 12.1. The Bertz CT molecular complexity index is 1210. The molecule has 5 rings (SSSR count). The van der Waals surface area contributed by atoms with Gasteiger partial charge in [-0.05, 0) is 73.9 Å². The molecule has 1 amide bonds. The molecule has 184 valence electrons. The number of hydrogen-bond acceptors (Lipinski definition) is 9. The number of carbonyl (C=O) groups is 2. The third-order valence-electron chi connectivity index (χ3n) is 7.40. The number of ether oxygens (including phenoxy) is 1. The Balaban J connectivity index is 1.28. The molecule has 0 N–H and O–H groups in total. The molecule has 1 saturated heterocycles. The lowest BCUT2D eigenvalue weighted by atomic mass is 9.76. The smallest absolute Gasteiger partial charge is 0.336 e. The van der Waals surface area contributed by atoms with E-state index in [2.05, 4.69) is 32.6 Å². The van der Waals surface area contributed by atoms with E-state index in [0.717, 1.165) is 48.3 Å². The van der Waals surface area contributed by atoms with Crippen LogP contribution in [0.1, 0.15) is 57.2 Å². The normalized spacial score (nSPS) is 26.2. The molecule has 0 aromatic carbocycles. The van der Waals surface area contributed by atoms with E-state index in [4.69, 9.17) is 9.73 Å². The number of tetrazole rings is 1. The summed E-state index contributed by atoms with van der Waals surface area (Å²) >= 11 is 0. The maximum atomic E-state index is 13.7. The highest BCUT2D eigenvalue weighted by molar-refractivity contribution is 5.97. The maximum Gasteiger partial charge on any atom is 0.336 e. The van der Waals surface area contributed by atoms with Gasteiger partial charge in [-0.3, -0.25) is 9.79 Å². The van der Waals surface area contributed by atoms with Crippen molar-refractivity contribution in [3.63, 3.8) is 0 Å². The summed E-state index contributed by atoms with van der Waals surface area (Å²) in [5, 5.41) is 19.7. The van der Waals surface area contributed by atoms with Crippen molar-refractivity contribution in [2.45, 2.75) is 59.3 Å². The Morgan fingerprint density at radius 3 is 2.83 bits per heavy atom. The van der Waals surface area contributed by atoms with Gasteiger partial charge < -0.3 is 9.64 Å². The summed E-state index contributed by atoms with van der Waals surface area (Å²) < 4.78 is 6.65. The largest absolute Gasteiger partial charge is 0.456 e. The third-order valence-corrected chi connectivity index (χ3v) is 7.40.